The van der Waals surface area contributed by atoms with Gasteiger partial charge in [-0.15, -0.1) is 0 Å². The number of hydrogen-bond donors (Lipinski definition) is 1. The van der Waals surface area contributed by atoms with Gasteiger partial charge in [0.1, 0.15) is 5.60 Å². The molecular formula is C14H18O. The van der Waals surface area contributed by atoms with Gasteiger partial charge in [-0.2, -0.15) is 0 Å². The van der Waals surface area contributed by atoms with E-state index in [0.717, 1.165) is 18.4 Å². The molecule has 1 aliphatic carbocycles. The summed E-state index contributed by atoms with van der Waals surface area (Å²) in [6.45, 7) is 6.14. The van der Waals surface area contributed by atoms with E-state index in [1.54, 1.807) is 0 Å². The minimum absolute atomic E-state index is 0.722. The van der Waals surface area contributed by atoms with Crippen LogP contribution in [0.25, 0.3) is 0 Å². The molecule has 1 nitrogen and oxygen atoms in total. The lowest BCUT2D eigenvalue weighted by molar-refractivity contribution is 0.0907. The molecule has 1 unspecified atom stereocenters. The predicted molar refractivity (Wildman–Crippen MR) is 62.8 cm³/mol. The summed E-state index contributed by atoms with van der Waals surface area (Å²) in [6, 6.07) is 6.37. The van der Waals surface area contributed by atoms with Crippen molar-refractivity contribution in [2.45, 2.75) is 39.2 Å². The average molecular weight is 202 g/mol. The Morgan fingerprint density at radius 3 is 2.80 bits per heavy atom. The highest BCUT2D eigenvalue weighted by molar-refractivity contribution is 5.43. The van der Waals surface area contributed by atoms with Crippen LogP contribution < -0.4 is 0 Å². The fraction of sp³-hybridized carbons (Fsp3) is 0.429. The number of hydrogen-bond acceptors (Lipinski definition) is 1. The Morgan fingerprint density at radius 2 is 2.13 bits per heavy atom. The van der Waals surface area contributed by atoms with Crippen molar-refractivity contribution in [1.29, 1.82) is 0 Å². The van der Waals surface area contributed by atoms with Crippen LogP contribution in [0.2, 0.25) is 0 Å². The average Bonchev–Trinajstić information content (AvgIpc) is 2.43. The van der Waals surface area contributed by atoms with Crippen molar-refractivity contribution in [3.05, 3.63) is 46.5 Å². The highest BCUT2D eigenvalue weighted by Gasteiger charge is 2.34. The molecule has 80 valence electrons. The first kappa shape index (κ1) is 10.4. The first-order chi connectivity index (χ1) is 7.01. The van der Waals surface area contributed by atoms with Gasteiger partial charge >= 0.3 is 0 Å². The number of allylic oxidation sites excluding steroid dienone is 1. The molecule has 1 aromatic carbocycles. The number of benzene rings is 1. The van der Waals surface area contributed by atoms with Crippen LogP contribution in [-0.4, -0.2) is 5.11 Å². The van der Waals surface area contributed by atoms with E-state index in [1.165, 1.54) is 16.7 Å². The molecule has 0 heterocycles. The van der Waals surface area contributed by atoms with Gasteiger partial charge in [0, 0.05) is 0 Å². The van der Waals surface area contributed by atoms with Gasteiger partial charge in [-0.25, -0.2) is 0 Å². The van der Waals surface area contributed by atoms with Gasteiger partial charge in [-0.05, 0) is 50.8 Å². The Balaban J connectivity index is 2.51. The molecule has 0 saturated carbocycles. The van der Waals surface area contributed by atoms with E-state index in [-0.39, 0.29) is 0 Å². The molecule has 1 aliphatic rings. The van der Waals surface area contributed by atoms with Gasteiger partial charge in [0.05, 0.1) is 0 Å². The lowest BCUT2D eigenvalue weighted by Gasteiger charge is -2.20. The molecule has 2 rings (SSSR count). The van der Waals surface area contributed by atoms with Crippen molar-refractivity contribution in [1.82, 2.24) is 0 Å². The van der Waals surface area contributed by atoms with Crippen molar-refractivity contribution in [3.8, 4) is 0 Å². The molecule has 0 fully saturated rings. The number of aryl methyl sites for hydroxylation is 2. The van der Waals surface area contributed by atoms with E-state index in [9.17, 15) is 5.11 Å². The summed E-state index contributed by atoms with van der Waals surface area (Å²) in [7, 11) is 0. The first-order valence-corrected chi connectivity index (χ1v) is 5.50. The SMILES string of the molecule is CC(C)=CC1(O)CCc2ccc(C)cc21. The van der Waals surface area contributed by atoms with Crippen LogP contribution in [0.15, 0.2) is 29.8 Å². The van der Waals surface area contributed by atoms with Gasteiger partial charge in [0.2, 0.25) is 0 Å². The van der Waals surface area contributed by atoms with Crippen molar-refractivity contribution in [3.63, 3.8) is 0 Å². The molecule has 0 saturated heterocycles. The summed E-state index contributed by atoms with van der Waals surface area (Å²) in [5.41, 5.74) is 4.06. The Hall–Kier alpha value is -1.08. The van der Waals surface area contributed by atoms with Gasteiger partial charge in [-0.3, -0.25) is 0 Å². The standard InChI is InChI=1S/C14H18O/c1-10(2)9-14(15)7-6-12-5-4-11(3)8-13(12)14/h4-5,8-9,15H,6-7H2,1-3H3. The normalized spacial score (nSPS) is 23.7. The van der Waals surface area contributed by atoms with Gasteiger partial charge in [0.15, 0.2) is 0 Å². The third-order valence-electron chi connectivity index (χ3n) is 3.03. The Morgan fingerprint density at radius 1 is 1.40 bits per heavy atom. The van der Waals surface area contributed by atoms with Crippen molar-refractivity contribution < 1.29 is 5.11 Å². The van der Waals surface area contributed by atoms with Gasteiger partial charge in [0.25, 0.3) is 0 Å². The molecule has 0 aliphatic heterocycles. The van der Waals surface area contributed by atoms with E-state index in [4.69, 9.17) is 0 Å². The summed E-state index contributed by atoms with van der Waals surface area (Å²) < 4.78 is 0. The summed E-state index contributed by atoms with van der Waals surface area (Å²) >= 11 is 0. The predicted octanol–water partition coefficient (Wildman–Crippen LogP) is 3.10. The van der Waals surface area contributed by atoms with Gasteiger partial charge in [-0.1, -0.05) is 29.3 Å². The first-order valence-electron chi connectivity index (χ1n) is 5.50. The second kappa shape index (κ2) is 3.49. The van der Waals surface area contributed by atoms with Gasteiger partial charge < -0.3 is 5.11 Å². The van der Waals surface area contributed by atoms with E-state index < -0.39 is 5.60 Å². The van der Waals surface area contributed by atoms with Crippen LogP contribution >= 0.6 is 0 Å². The van der Waals surface area contributed by atoms with Crippen LogP contribution in [0.3, 0.4) is 0 Å². The van der Waals surface area contributed by atoms with Crippen molar-refractivity contribution >= 4 is 0 Å². The molecule has 0 bridgehead atoms. The quantitative estimate of drug-likeness (QED) is 0.694. The maximum atomic E-state index is 10.6. The zero-order valence-electron chi connectivity index (χ0n) is 9.67. The lowest BCUT2D eigenvalue weighted by Crippen LogP contribution is -2.19. The maximum absolute atomic E-state index is 10.6. The van der Waals surface area contributed by atoms with E-state index >= 15 is 0 Å². The van der Waals surface area contributed by atoms with Crippen LogP contribution in [0.5, 0.6) is 0 Å². The number of fused-ring (bicyclic) bond motifs is 1. The molecule has 0 amide bonds. The fourth-order valence-electron chi connectivity index (χ4n) is 2.40. The Labute approximate surface area is 91.4 Å². The maximum Gasteiger partial charge on any atom is 0.109 e. The second-order valence-corrected chi connectivity index (χ2v) is 4.81. The van der Waals surface area contributed by atoms with Crippen LogP contribution in [-0.2, 0) is 12.0 Å². The number of aliphatic hydroxyl groups is 1. The summed E-state index contributed by atoms with van der Waals surface area (Å²) in [6.07, 6.45) is 3.78. The third-order valence-corrected chi connectivity index (χ3v) is 3.03. The summed E-state index contributed by atoms with van der Waals surface area (Å²) in [5.74, 6) is 0. The second-order valence-electron chi connectivity index (χ2n) is 4.81. The van der Waals surface area contributed by atoms with E-state index in [1.807, 2.05) is 19.9 Å². The molecular weight excluding hydrogens is 184 g/mol. The molecule has 1 aromatic rings. The molecule has 0 aromatic heterocycles. The Kier molecular flexibility index (Phi) is 2.43. The minimum atomic E-state index is -0.722. The zero-order valence-corrected chi connectivity index (χ0v) is 9.67. The van der Waals surface area contributed by atoms with Crippen LogP contribution in [0, 0.1) is 6.92 Å². The summed E-state index contributed by atoms with van der Waals surface area (Å²) in [5, 5.41) is 10.6. The molecule has 1 N–H and O–H groups in total. The molecule has 1 heteroatoms. The fourth-order valence-corrected chi connectivity index (χ4v) is 2.40. The van der Waals surface area contributed by atoms with Crippen molar-refractivity contribution in [2.75, 3.05) is 0 Å². The topological polar surface area (TPSA) is 20.2 Å². The highest BCUT2D eigenvalue weighted by Crippen LogP contribution is 2.39. The smallest absolute Gasteiger partial charge is 0.109 e. The third kappa shape index (κ3) is 1.84. The molecule has 0 radical (unpaired) electrons. The summed E-state index contributed by atoms with van der Waals surface area (Å²) in [4.78, 5) is 0. The van der Waals surface area contributed by atoms with Crippen molar-refractivity contribution in [2.24, 2.45) is 0 Å². The Bertz CT molecular complexity index is 413. The van der Waals surface area contributed by atoms with Crippen LogP contribution in [0.4, 0.5) is 0 Å². The van der Waals surface area contributed by atoms with E-state index in [0.29, 0.717) is 0 Å². The highest BCUT2D eigenvalue weighted by atomic mass is 16.3. The number of rotatable bonds is 1. The minimum Gasteiger partial charge on any atom is -0.381 e. The largest absolute Gasteiger partial charge is 0.381 e. The zero-order chi connectivity index (χ0) is 11.1. The molecule has 15 heavy (non-hydrogen) atoms. The monoisotopic (exact) mass is 202 g/mol. The van der Waals surface area contributed by atoms with Crippen LogP contribution in [0.1, 0.15) is 37.0 Å². The molecule has 0 spiro atoms. The lowest BCUT2D eigenvalue weighted by atomic mass is 9.93. The van der Waals surface area contributed by atoms with E-state index in [2.05, 4.69) is 25.1 Å². The molecule has 1 atom stereocenters.